The zero-order valence-corrected chi connectivity index (χ0v) is 10.4. The molecule has 16 heavy (non-hydrogen) atoms. The number of carbonyl (C=O) groups excluding carboxylic acids is 2. The fraction of sp³-hybridized carbons (Fsp3) is 0.833. The maximum atomic E-state index is 11.4. The van der Waals surface area contributed by atoms with E-state index in [9.17, 15) is 9.59 Å². The predicted molar refractivity (Wildman–Crippen MR) is 60.4 cm³/mol. The Morgan fingerprint density at radius 1 is 1.25 bits per heavy atom. The van der Waals surface area contributed by atoms with Crippen molar-refractivity contribution in [3.8, 4) is 0 Å². The van der Waals surface area contributed by atoms with Crippen molar-refractivity contribution in [1.29, 1.82) is 0 Å². The van der Waals surface area contributed by atoms with Gasteiger partial charge in [-0.2, -0.15) is 5.06 Å². The summed E-state index contributed by atoms with van der Waals surface area (Å²) < 4.78 is 0. The summed E-state index contributed by atoms with van der Waals surface area (Å²) in [4.78, 5) is 28.5. The Labute approximate surface area is 96.9 Å². The molecular formula is C12H21NO3. The Morgan fingerprint density at radius 2 is 1.81 bits per heavy atom. The SMILES string of the molecule is CCCCC(C)(CC)ON1C(=O)CCC1=O. The number of amides is 2. The van der Waals surface area contributed by atoms with Gasteiger partial charge in [-0.15, -0.1) is 0 Å². The van der Waals surface area contributed by atoms with E-state index < -0.39 is 5.60 Å². The van der Waals surface area contributed by atoms with Crippen LogP contribution in [0.4, 0.5) is 0 Å². The minimum absolute atomic E-state index is 0.207. The molecule has 1 saturated heterocycles. The Hall–Kier alpha value is -0.900. The number of rotatable bonds is 6. The second kappa shape index (κ2) is 5.43. The molecule has 92 valence electrons. The van der Waals surface area contributed by atoms with Crippen molar-refractivity contribution in [3.63, 3.8) is 0 Å². The van der Waals surface area contributed by atoms with E-state index in [1.165, 1.54) is 0 Å². The quantitative estimate of drug-likeness (QED) is 0.655. The smallest absolute Gasteiger partial charge is 0.254 e. The first kappa shape index (κ1) is 13.2. The van der Waals surface area contributed by atoms with Crippen LogP contribution in [-0.4, -0.2) is 22.5 Å². The van der Waals surface area contributed by atoms with E-state index in [1.807, 2.05) is 13.8 Å². The van der Waals surface area contributed by atoms with Gasteiger partial charge in [-0.1, -0.05) is 26.7 Å². The number of carbonyl (C=O) groups is 2. The van der Waals surface area contributed by atoms with E-state index in [1.54, 1.807) is 0 Å². The zero-order chi connectivity index (χ0) is 12.2. The van der Waals surface area contributed by atoms with Gasteiger partial charge in [0.15, 0.2) is 0 Å². The van der Waals surface area contributed by atoms with E-state index in [4.69, 9.17) is 4.84 Å². The number of hydrogen-bond donors (Lipinski definition) is 0. The number of nitrogens with zero attached hydrogens (tertiary/aromatic N) is 1. The van der Waals surface area contributed by atoms with Crippen LogP contribution in [0.1, 0.15) is 59.3 Å². The second-order valence-corrected chi connectivity index (χ2v) is 4.58. The van der Waals surface area contributed by atoms with Gasteiger partial charge in [0.2, 0.25) is 0 Å². The second-order valence-electron chi connectivity index (χ2n) is 4.58. The molecule has 4 nitrogen and oxygen atoms in total. The Morgan fingerprint density at radius 3 is 2.25 bits per heavy atom. The van der Waals surface area contributed by atoms with Crippen molar-refractivity contribution in [2.45, 2.75) is 64.9 Å². The molecule has 0 aromatic heterocycles. The third-order valence-corrected chi connectivity index (χ3v) is 3.12. The fourth-order valence-corrected chi connectivity index (χ4v) is 1.72. The Bertz CT molecular complexity index is 261. The third-order valence-electron chi connectivity index (χ3n) is 3.12. The summed E-state index contributed by atoms with van der Waals surface area (Å²) in [6, 6.07) is 0. The third kappa shape index (κ3) is 3.04. The molecule has 4 heteroatoms. The van der Waals surface area contributed by atoms with E-state index in [-0.39, 0.29) is 24.7 Å². The summed E-state index contributed by atoms with van der Waals surface area (Å²) in [5.41, 5.74) is -0.397. The van der Waals surface area contributed by atoms with Crippen molar-refractivity contribution < 1.29 is 14.4 Å². The van der Waals surface area contributed by atoms with Crippen LogP contribution in [0.3, 0.4) is 0 Å². The van der Waals surface area contributed by atoms with Gasteiger partial charge < -0.3 is 0 Å². The van der Waals surface area contributed by atoms with Gasteiger partial charge in [-0.05, 0) is 19.8 Å². The van der Waals surface area contributed by atoms with Gasteiger partial charge in [0.1, 0.15) is 0 Å². The first-order chi connectivity index (χ1) is 7.52. The highest BCUT2D eigenvalue weighted by Crippen LogP contribution is 2.26. The fourth-order valence-electron chi connectivity index (χ4n) is 1.72. The lowest BCUT2D eigenvalue weighted by Gasteiger charge is -2.31. The molecule has 1 aliphatic heterocycles. The molecule has 0 radical (unpaired) electrons. The topological polar surface area (TPSA) is 46.6 Å². The van der Waals surface area contributed by atoms with Crippen molar-refractivity contribution >= 4 is 11.8 Å². The van der Waals surface area contributed by atoms with Crippen molar-refractivity contribution in [3.05, 3.63) is 0 Å². The standard InChI is InChI=1S/C12H21NO3/c1-4-6-9-12(3,5-2)16-13-10(14)7-8-11(13)15/h4-9H2,1-3H3. The molecule has 0 N–H and O–H groups in total. The van der Waals surface area contributed by atoms with Gasteiger partial charge in [0, 0.05) is 12.8 Å². The van der Waals surface area contributed by atoms with Gasteiger partial charge in [0.25, 0.3) is 11.8 Å². The normalized spacial score (nSPS) is 20.3. The molecule has 1 atom stereocenters. The van der Waals surface area contributed by atoms with Gasteiger partial charge >= 0.3 is 0 Å². The summed E-state index contributed by atoms with van der Waals surface area (Å²) in [6.45, 7) is 6.09. The largest absolute Gasteiger partial charge is 0.272 e. The number of imide groups is 1. The summed E-state index contributed by atoms with van der Waals surface area (Å²) >= 11 is 0. The molecule has 0 aliphatic carbocycles. The summed E-state index contributed by atoms with van der Waals surface area (Å²) in [5.74, 6) is -0.414. The summed E-state index contributed by atoms with van der Waals surface area (Å²) in [5, 5.41) is 0.971. The van der Waals surface area contributed by atoms with Crippen molar-refractivity contribution in [1.82, 2.24) is 5.06 Å². The first-order valence-electron chi connectivity index (χ1n) is 6.07. The maximum absolute atomic E-state index is 11.4. The molecule has 1 unspecified atom stereocenters. The average molecular weight is 227 g/mol. The monoisotopic (exact) mass is 227 g/mol. The molecule has 0 spiro atoms. The molecule has 0 saturated carbocycles. The van der Waals surface area contributed by atoms with Crippen LogP contribution in [0, 0.1) is 0 Å². The molecular weight excluding hydrogens is 206 g/mol. The molecule has 2 amide bonds. The van der Waals surface area contributed by atoms with Crippen LogP contribution in [0.25, 0.3) is 0 Å². The highest BCUT2D eigenvalue weighted by molar-refractivity contribution is 6.00. The van der Waals surface area contributed by atoms with Crippen molar-refractivity contribution in [2.24, 2.45) is 0 Å². The Balaban J connectivity index is 2.61. The van der Waals surface area contributed by atoms with Gasteiger partial charge in [-0.3, -0.25) is 14.4 Å². The van der Waals surface area contributed by atoms with Crippen molar-refractivity contribution in [2.75, 3.05) is 0 Å². The Kier molecular flexibility index (Phi) is 4.47. The maximum Gasteiger partial charge on any atom is 0.254 e. The van der Waals surface area contributed by atoms with Crippen LogP contribution in [0.2, 0.25) is 0 Å². The molecule has 1 fully saturated rings. The molecule has 0 bridgehead atoms. The number of hydrogen-bond acceptors (Lipinski definition) is 3. The lowest BCUT2D eigenvalue weighted by Crippen LogP contribution is -2.40. The molecule has 1 rings (SSSR count). The summed E-state index contributed by atoms with van der Waals surface area (Å²) in [7, 11) is 0. The lowest BCUT2D eigenvalue weighted by molar-refractivity contribution is -0.229. The van der Waals surface area contributed by atoms with E-state index >= 15 is 0 Å². The number of hydroxylamine groups is 2. The minimum Gasteiger partial charge on any atom is -0.272 e. The first-order valence-corrected chi connectivity index (χ1v) is 6.07. The molecule has 1 heterocycles. The van der Waals surface area contributed by atoms with E-state index in [0.717, 1.165) is 30.7 Å². The molecule has 1 aliphatic rings. The van der Waals surface area contributed by atoms with Gasteiger partial charge in [-0.25, -0.2) is 0 Å². The number of unbranched alkanes of at least 4 members (excludes halogenated alkanes) is 1. The predicted octanol–water partition coefficient (Wildman–Crippen LogP) is 2.43. The lowest BCUT2D eigenvalue weighted by atomic mass is 9.96. The average Bonchev–Trinajstić information content (AvgIpc) is 2.58. The van der Waals surface area contributed by atoms with Crippen LogP contribution >= 0.6 is 0 Å². The van der Waals surface area contributed by atoms with Crippen LogP contribution in [0.5, 0.6) is 0 Å². The van der Waals surface area contributed by atoms with Crippen LogP contribution in [0.15, 0.2) is 0 Å². The highest BCUT2D eigenvalue weighted by atomic mass is 16.7. The van der Waals surface area contributed by atoms with Gasteiger partial charge in [0.05, 0.1) is 5.60 Å². The molecule has 0 aromatic carbocycles. The highest BCUT2D eigenvalue weighted by Gasteiger charge is 2.36. The van der Waals surface area contributed by atoms with Crippen LogP contribution in [-0.2, 0) is 14.4 Å². The van der Waals surface area contributed by atoms with Crippen LogP contribution < -0.4 is 0 Å². The molecule has 0 aromatic rings. The summed E-state index contributed by atoms with van der Waals surface area (Å²) in [6.07, 6.45) is 4.36. The minimum atomic E-state index is -0.397. The zero-order valence-electron chi connectivity index (χ0n) is 10.4. The van der Waals surface area contributed by atoms with E-state index in [0.29, 0.717) is 0 Å². The van der Waals surface area contributed by atoms with E-state index in [2.05, 4.69) is 6.92 Å².